The maximum Gasteiger partial charge on any atom is 0.328 e. The van der Waals surface area contributed by atoms with E-state index in [1.165, 1.54) is 17.4 Å². The van der Waals surface area contributed by atoms with Crippen molar-refractivity contribution < 1.29 is 14.7 Å². The predicted octanol–water partition coefficient (Wildman–Crippen LogP) is 3.15. The zero-order chi connectivity index (χ0) is 14.5. The number of carbonyl (C=O) groups is 2. The van der Waals surface area contributed by atoms with E-state index in [1.54, 1.807) is 22.8 Å². The molecule has 0 fully saturated rings. The van der Waals surface area contributed by atoms with Crippen LogP contribution in [0.2, 0.25) is 0 Å². The molecule has 0 unspecified atom stereocenters. The number of carboxylic acids is 1. The molecule has 0 saturated carbocycles. The summed E-state index contributed by atoms with van der Waals surface area (Å²) in [5.41, 5.74) is 1.78. The van der Waals surface area contributed by atoms with Crippen molar-refractivity contribution in [1.82, 2.24) is 5.32 Å². The van der Waals surface area contributed by atoms with Gasteiger partial charge in [-0.1, -0.05) is 0 Å². The van der Waals surface area contributed by atoms with Crippen LogP contribution >= 0.6 is 22.7 Å². The Morgan fingerprint density at radius 1 is 1.30 bits per heavy atom. The zero-order valence-corrected chi connectivity index (χ0v) is 12.4. The Labute approximate surface area is 124 Å². The van der Waals surface area contributed by atoms with Crippen LogP contribution in [0.5, 0.6) is 0 Å². The third kappa shape index (κ3) is 3.55. The van der Waals surface area contributed by atoms with Gasteiger partial charge in [0.2, 0.25) is 0 Å². The van der Waals surface area contributed by atoms with E-state index in [0.29, 0.717) is 17.0 Å². The number of carboxylic acid groups (broad SMARTS) is 1. The van der Waals surface area contributed by atoms with E-state index in [9.17, 15) is 9.59 Å². The maximum absolute atomic E-state index is 12.1. The molecule has 0 aliphatic rings. The second-order valence-electron chi connectivity index (χ2n) is 4.09. The van der Waals surface area contributed by atoms with Gasteiger partial charge in [-0.05, 0) is 47.0 Å². The van der Waals surface area contributed by atoms with Gasteiger partial charge in [0.25, 0.3) is 5.91 Å². The van der Waals surface area contributed by atoms with Crippen LogP contribution in [0.1, 0.15) is 25.7 Å². The Hall–Kier alpha value is -1.92. The topological polar surface area (TPSA) is 66.4 Å². The van der Waals surface area contributed by atoms with E-state index in [2.05, 4.69) is 5.32 Å². The minimum Gasteiger partial charge on any atom is -0.478 e. The van der Waals surface area contributed by atoms with Crippen molar-refractivity contribution >= 4 is 40.6 Å². The van der Waals surface area contributed by atoms with Gasteiger partial charge in [0, 0.05) is 11.0 Å². The standard InChI is InChI=1S/C14H13NO3S2/c1-9-4-6-19-11(9)8-15-14(18)13-10(5-7-20-13)2-3-12(16)17/h2-7H,8H2,1H3,(H,15,18)(H,16,17)/b3-2+. The number of rotatable bonds is 5. The molecule has 2 aromatic heterocycles. The van der Waals surface area contributed by atoms with Crippen molar-refractivity contribution in [2.24, 2.45) is 0 Å². The third-order valence-electron chi connectivity index (χ3n) is 2.69. The predicted molar refractivity (Wildman–Crippen MR) is 81.2 cm³/mol. The van der Waals surface area contributed by atoms with Crippen LogP contribution in [0.25, 0.3) is 6.08 Å². The van der Waals surface area contributed by atoms with Crippen LogP contribution in [-0.2, 0) is 11.3 Å². The Kier molecular flexibility index (Phi) is 4.70. The Balaban J connectivity index is 2.05. The average Bonchev–Trinajstić information content (AvgIpc) is 3.02. The van der Waals surface area contributed by atoms with Gasteiger partial charge >= 0.3 is 5.97 Å². The quantitative estimate of drug-likeness (QED) is 0.834. The molecule has 0 aliphatic heterocycles. The zero-order valence-electron chi connectivity index (χ0n) is 10.8. The second-order valence-corrected chi connectivity index (χ2v) is 6.00. The molecule has 104 valence electrons. The molecule has 4 nitrogen and oxygen atoms in total. The fourth-order valence-electron chi connectivity index (χ4n) is 1.62. The number of thiophene rings is 2. The third-order valence-corrected chi connectivity index (χ3v) is 4.64. The van der Waals surface area contributed by atoms with Crippen LogP contribution < -0.4 is 5.32 Å². The van der Waals surface area contributed by atoms with Gasteiger partial charge in [0.15, 0.2) is 0 Å². The first-order valence-corrected chi connectivity index (χ1v) is 7.63. The lowest BCUT2D eigenvalue weighted by Gasteiger charge is -2.04. The average molecular weight is 307 g/mol. The minimum atomic E-state index is -1.03. The fourth-order valence-corrected chi connectivity index (χ4v) is 3.27. The van der Waals surface area contributed by atoms with E-state index in [0.717, 1.165) is 16.5 Å². The molecule has 0 saturated heterocycles. The number of hydrogen-bond acceptors (Lipinski definition) is 4. The van der Waals surface area contributed by atoms with E-state index < -0.39 is 5.97 Å². The van der Waals surface area contributed by atoms with E-state index in [1.807, 2.05) is 18.4 Å². The molecule has 0 aliphatic carbocycles. The van der Waals surface area contributed by atoms with Crippen molar-refractivity contribution in [3.8, 4) is 0 Å². The first-order valence-electron chi connectivity index (χ1n) is 5.87. The van der Waals surface area contributed by atoms with Gasteiger partial charge in [-0.25, -0.2) is 4.79 Å². The molecule has 0 spiro atoms. The van der Waals surface area contributed by atoms with Crippen LogP contribution in [0.3, 0.4) is 0 Å². The highest BCUT2D eigenvalue weighted by molar-refractivity contribution is 7.12. The second kappa shape index (κ2) is 6.49. The Morgan fingerprint density at radius 2 is 2.05 bits per heavy atom. The molecule has 2 aromatic rings. The van der Waals surface area contributed by atoms with Gasteiger partial charge in [0.05, 0.1) is 11.4 Å². The van der Waals surface area contributed by atoms with E-state index in [4.69, 9.17) is 5.11 Å². The van der Waals surface area contributed by atoms with E-state index >= 15 is 0 Å². The summed E-state index contributed by atoms with van der Waals surface area (Å²) in [6, 6.07) is 3.74. The summed E-state index contributed by atoms with van der Waals surface area (Å²) in [6.07, 6.45) is 2.46. The molecular formula is C14H13NO3S2. The van der Waals surface area contributed by atoms with Crippen molar-refractivity contribution in [2.75, 3.05) is 0 Å². The Bertz CT molecular complexity index is 655. The summed E-state index contributed by atoms with van der Waals surface area (Å²) in [5, 5.41) is 15.2. The van der Waals surface area contributed by atoms with Gasteiger partial charge < -0.3 is 10.4 Å². The molecule has 2 heterocycles. The lowest BCUT2D eigenvalue weighted by molar-refractivity contribution is -0.131. The SMILES string of the molecule is Cc1ccsc1CNC(=O)c1sccc1/C=C/C(=O)O. The van der Waals surface area contributed by atoms with Crippen LogP contribution in [0.4, 0.5) is 0 Å². The summed E-state index contributed by atoms with van der Waals surface area (Å²) < 4.78 is 0. The molecule has 6 heteroatoms. The van der Waals surface area contributed by atoms with Crippen molar-refractivity contribution in [1.29, 1.82) is 0 Å². The van der Waals surface area contributed by atoms with Crippen LogP contribution in [-0.4, -0.2) is 17.0 Å². The monoisotopic (exact) mass is 307 g/mol. The van der Waals surface area contributed by atoms with Crippen molar-refractivity contribution in [3.05, 3.63) is 49.9 Å². The van der Waals surface area contributed by atoms with Crippen molar-refractivity contribution in [3.63, 3.8) is 0 Å². The highest BCUT2D eigenvalue weighted by atomic mass is 32.1. The highest BCUT2D eigenvalue weighted by Gasteiger charge is 2.12. The molecular weight excluding hydrogens is 294 g/mol. The molecule has 0 aromatic carbocycles. The van der Waals surface area contributed by atoms with Gasteiger partial charge in [0.1, 0.15) is 0 Å². The Morgan fingerprint density at radius 3 is 2.70 bits per heavy atom. The van der Waals surface area contributed by atoms with Crippen LogP contribution in [0, 0.1) is 6.92 Å². The summed E-state index contributed by atoms with van der Waals surface area (Å²) in [5.74, 6) is -1.21. The molecule has 2 N–H and O–H groups in total. The normalized spacial score (nSPS) is 10.8. The molecule has 2 rings (SSSR count). The minimum absolute atomic E-state index is 0.183. The largest absolute Gasteiger partial charge is 0.478 e. The number of nitrogens with one attached hydrogen (secondary N) is 1. The number of hydrogen-bond donors (Lipinski definition) is 2. The number of amides is 1. The maximum atomic E-state index is 12.1. The first-order chi connectivity index (χ1) is 9.58. The molecule has 0 radical (unpaired) electrons. The highest BCUT2D eigenvalue weighted by Crippen LogP contribution is 2.19. The summed E-state index contributed by atoms with van der Waals surface area (Å²) in [7, 11) is 0. The smallest absolute Gasteiger partial charge is 0.328 e. The number of aryl methyl sites for hydroxylation is 1. The van der Waals surface area contributed by atoms with E-state index in [-0.39, 0.29) is 5.91 Å². The fraction of sp³-hybridized carbons (Fsp3) is 0.143. The van der Waals surface area contributed by atoms with Gasteiger partial charge in [-0.3, -0.25) is 4.79 Å². The summed E-state index contributed by atoms with van der Waals surface area (Å²) in [6.45, 7) is 2.49. The van der Waals surface area contributed by atoms with Crippen LogP contribution in [0.15, 0.2) is 29.0 Å². The molecule has 1 amide bonds. The number of aliphatic carboxylic acids is 1. The van der Waals surface area contributed by atoms with Gasteiger partial charge in [-0.15, -0.1) is 22.7 Å². The first kappa shape index (κ1) is 14.5. The molecule has 0 atom stereocenters. The van der Waals surface area contributed by atoms with Gasteiger partial charge in [-0.2, -0.15) is 0 Å². The lowest BCUT2D eigenvalue weighted by Crippen LogP contribution is -2.22. The number of carbonyl (C=O) groups excluding carboxylic acids is 1. The molecule has 0 bridgehead atoms. The summed E-state index contributed by atoms with van der Waals surface area (Å²) >= 11 is 2.90. The lowest BCUT2D eigenvalue weighted by atomic mass is 10.2. The van der Waals surface area contributed by atoms with Crippen molar-refractivity contribution in [2.45, 2.75) is 13.5 Å². The summed E-state index contributed by atoms with van der Waals surface area (Å²) in [4.78, 5) is 24.3. The molecule has 20 heavy (non-hydrogen) atoms.